The van der Waals surface area contributed by atoms with Crippen LogP contribution in [0.2, 0.25) is 0 Å². The number of carbonyl (C=O) groups excluding carboxylic acids is 3. The lowest BCUT2D eigenvalue weighted by molar-refractivity contribution is -0.146. The number of esters is 1. The Bertz CT molecular complexity index is 919. The number of ether oxygens (including phenoxy) is 1. The summed E-state index contributed by atoms with van der Waals surface area (Å²) in [5, 5.41) is 5.71. The summed E-state index contributed by atoms with van der Waals surface area (Å²) in [7, 11) is 0. The van der Waals surface area contributed by atoms with Crippen molar-refractivity contribution in [2.45, 2.75) is 39.8 Å². The van der Waals surface area contributed by atoms with Crippen LogP contribution < -0.4 is 10.6 Å². The lowest BCUT2D eigenvalue weighted by Crippen LogP contribution is -2.36. The van der Waals surface area contributed by atoms with E-state index in [1.165, 1.54) is 0 Å². The van der Waals surface area contributed by atoms with E-state index in [2.05, 4.69) is 20.6 Å². The van der Waals surface area contributed by atoms with Crippen molar-refractivity contribution in [3.05, 3.63) is 46.3 Å². The van der Waals surface area contributed by atoms with Gasteiger partial charge in [0, 0.05) is 17.1 Å². The Morgan fingerprint density at radius 1 is 0.933 bits per heavy atom. The SMILES string of the molecule is Cc1cc(C)c(NC(=O)CNC(=O)COC(=O)CSc2nc(C)cc(C)n2)c(C)c1. The molecular weight excluding hydrogens is 404 g/mol. The minimum Gasteiger partial charge on any atom is -0.455 e. The second kappa shape index (κ2) is 10.7. The van der Waals surface area contributed by atoms with Gasteiger partial charge in [-0.15, -0.1) is 0 Å². The zero-order chi connectivity index (χ0) is 22.3. The van der Waals surface area contributed by atoms with Crippen molar-refractivity contribution in [1.82, 2.24) is 15.3 Å². The first kappa shape index (κ1) is 23.3. The van der Waals surface area contributed by atoms with E-state index in [4.69, 9.17) is 4.74 Å². The minimum atomic E-state index is -0.562. The number of amides is 2. The molecule has 2 rings (SSSR count). The molecule has 0 saturated heterocycles. The number of thioether (sulfide) groups is 1. The van der Waals surface area contributed by atoms with Gasteiger partial charge < -0.3 is 15.4 Å². The summed E-state index contributed by atoms with van der Waals surface area (Å²) >= 11 is 1.14. The van der Waals surface area contributed by atoms with Crippen LogP contribution in [0.4, 0.5) is 5.69 Å². The molecule has 1 aromatic heterocycles. The summed E-state index contributed by atoms with van der Waals surface area (Å²) in [5.74, 6) is -1.48. The van der Waals surface area contributed by atoms with E-state index in [0.29, 0.717) is 5.16 Å². The molecule has 0 radical (unpaired) electrons. The Morgan fingerprint density at radius 3 is 2.13 bits per heavy atom. The van der Waals surface area contributed by atoms with Crippen molar-refractivity contribution >= 4 is 35.2 Å². The quantitative estimate of drug-likeness (QED) is 0.376. The van der Waals surface area contributed by atoms with Gasteiger partial charge in [-0.1, -0.05) is 29.5 Å². The maximum absolute atomic E-state index is 12.1. The highest BCUT2D eigenvalue weighted by molar-refractivity contribution is 7.99. The standard InChI is InChI=1S/C21H26N4O4S/c1-12-6-13(2)20(14(3)7-12)25-17(26)9-22-18(27)10-29-19(28)11-30-21-23-15(4)8-16(5)24-21/h6-8H,9-11H2,1-5H3,(H,22,27)(H,25,26). The third-order valence-corrected chi connectivity index (χ3v) is 4.85. The van der Waals surface area contributed by atoms with Crippen LogP contribution in [0.3, 0.4) is 0 Å². The number of benzene rings is 1. The van der Waals surface area contributed by atoms with Crippen LogP contribution in [-0.4, -0.2) is 46.7 Å². The van der Waals surface area contributed by atoms with Crippen LogP contribution in [-0.2, 0) is 19.1 Å². The fraction of sp³-hybridized carbons (Fsp3) is 0.381. The topological polar surface area (TPSA) is 110 Å². The van der Waals surface area contributed by atoms with Gasteiger partial charge in [-0.05, 0) is 51.8 Å². The normalized spacial score (nSPS) is 10.4. The van der Waals surface area contributed by atoms with Crippen molar-refractivity contribution in [3.63, 3.8) is 0 Å². The number of nitrogens with one attached hydrogen (secondary N) is 2. The summed E-state index contributed by atoms with van der Waals surface area (Å²) in [4.78, 5) is 44.2. The van der Waals surface area contributed by atoms with Crippen LogP contribution in [0.15, 0.2) is 23.4 Å². The third-order valence-electron chi connectivity index (χ3n) is 4.03. The predicted molar refractivity (Wildman–Crippen MR) is 115 cm³/mol. The summed E-state index contributed by atoms with van der Waals surface area (Å²) in [5.41, 5.74) is 5.37. The molecule has 2 aromatic rings. The highest BCUT2D eigenvalue weighted by atomic mass is 32.2. The zero-order valence-electron chi connectivity index (χ0n) is 17.8. The van der Waals surface area contributed by atoms with Gasteiger partial charge in [0.2, 0.25) is 5.91 Å². The fourth-order valence-corrected chi connectivity index (χ4v) is 3.61. The molecule has 1 heterocycles. The van der Waals surface area contributed by atoms with E-state index in [-0.39, 0.29) is 18.2 Å². The van der Waals surface area contributed by atoms with Crippen molar-refractivity contribution in [3.8, 4) is 0 Å². The monoisotopic (exact) mass is 430 g/mol. The van der Waals surface area contributed by atoms with Crippen LogP contribution in [0.5, 0.6) is 0 Å². The molecule has 0 aliphatic rings. The predicted octanol–water partition coefficient (Wildman–Crippen LogP) is 2.41. The molecule has 2 N–H and O–H groups in total. The Balaban J connectivity index is 1.71. The first-order valence-electron chi connectivity index (χ1n) is 9.39. The van der Waals surface area contributed by atoms with Crippen molar-refractivity contribution < 1.29 is 19.1 Å². The number of aryl methyl sites for hydroxylation is 5. The number of rotatable bonds is 8. The number of anilines is 1. The van der Waals surface area contributed by atoms with Crippen molar-refractivity contribution in [1.29, 1.82) is 0 Å². The molecule has 30 heavy (non-hydrogen) atoms. The number of aromatic nitrogens is 2. The Labute approximate surface area is 180 Å². The molecule has 1 aromatic carbocycles. The number of carbonyl (C=O) groups is 3. The average Bonchev–Trinajstić information content (AvgIpc) is 2.65. The van der Waals surface area contributed by atoms with Crippen LogP contribution in [0.1, 0.15) is 28.1 Å². The molecule has 0 saturated carbocycles. The van der Waals surface area contributed by atoms with E-state index in [9.17, 15) is 14.4 Å². The molecule has 0 spiro atoms. The molecule has 160 valence electrons. The smallest absolute Gasteiger partial charge is 0.316 e. The van der Waals surface area contributed by atoms with Gasteiger partial charge in [-0.25, -0.2) is 9.97 Å². The number of nitrogens with zero attached hydrogens (tertiary/aromatic N) is 2. The van der Waals surface area contributed by atoms with Gasteiger partial charge in [0.15, 0.2) is 11.8 Å². The second-order valence-corrected chi connectivity index (χ2v) is 7.92. The van der Waals surface area contributed by atoms with Gasteiger partial charge >= 0.3 is 5.97 Å². The lowest BCUT2D eigenvalue weighted by Gasteiger charge is -2.13. The van der Waals surface area contributed by atoms with E-state index in [0.717, 1.165) is 45.5 Å². The second-order valence-electron chi connectivity index (χ2n) is 6.98. The lowest BCUT2D eigenvalue weighted by atomic mass is 10.1. The van der Waals surface area contributed by atoms with Crippen molar-refractivity contribution in [2.75, 3.05) is 24.2 Å². The summed E-state index contributed by atoms with van der Waals surface area (Å²) < 4.78 is 4.93. The van der Waals surface area contributed by atoms with Gasteiger partial charge in [0.1, 0.15) is 0 Å². The highest BCUT2D eigenvalue weighted by Crippen LogP contribution is 2.21. The molecule has 0 aliphatic heterocycles. The highest BCUT2D eigenvalue weighted by Gasteiger charge is 2.12. The molecule has 0 fully saturated rings. The molecule has 0 atom stereocenters. The average molecular weight is 431 g/mol. The van der Waals surface area contributed by atoms with E-state index in [1.807, 2.05) is 52.8 Å². The maximum Gasteiger partial charge on any atom is 0.316 e. The summed E-state index contributed by atoms with van der Waals surface area (Å²) in [6, 6.07) is 5.79. The van der Waals surface area contributed by atoms with Gasteiger partial charge in [-0.3, -0.25) is 14.4 Å². The van der Waals surface area contributed by atoms with Crippen LogP contribution >= 0.6 is 11.8 Å². The Morgan fingerprint density at radius 2 is 1.53 bits per heavy atom. The zero-order valence-corrected chi connectivity index (χ0v) is 18.6. The fourth-order valence-electron chi connectivity index (χ4n) is 2.86. The molecule has 2 amide bonds. The van der Waals surface area contributed by atoms with Gasteiger partial charge in [-0.2, -0.15) is 0 Å². The third kappa shape index (κ3) is 7.47. The molecule has 0 unspecified atom stereocenters. The number of hydrogen-bond donors (Lipinski definition) is 2. The van der Waals surface area contributed by atoms with Gasteiger partial charge in [0.05, 0.1) is 12.3 Å². The summed E-state index contributed by atoms with van der Waals surface area (Å²) in [6.07, 6.45) is 0. The largest absolute Gasteiger partial charge is 0.455 e. The van der Waals surface area contributed by atoms with Crippen LogP contribution in [0, 0.1) is 34.6 Å². The van der Waals surface area contributed by atoms with E-state index >= 15 is 0 Å². The Kier molecular flexibility index (Phi) is 8.35. The van der Waals surface area contributed by atoms with Crippen molar-refractivity contribution in [2.24, 2.45) is 0 Å². The molecule has 9 heteroatoms. The van der Waals surface area contributed by atoms with Crippen LogP contribution in [0.25, 0.3) is 0 Å². The number of hydrogen-bond acceptors (Lipinski definition) is 7. The Hall–Kier alpha value is -2.94. The summed E-state index contributed by atoms with van der Waals surface area (Å²) in [6.45, 7) is 8.83. The van der Waals surface area contributed by atoms with E-state index in [1.54, 1.807) is 0 Å². The molecule has 8 nitrogen and oxygen atoms in total. The molecule has 0 aliphatic carbocycles. The van der Waals surface area contributed by atoms with Gasteiger partial charge in [0.25, 0.3) is 5.91 Å². The first-order valence-corrected chi connectivity index (χ1v) is 10.4. The van der Waals surface area contributed by atoms with E-state index < -0.39 is 18.5 Å². The minimum absolute atomic E-state index is 0.0113. The maximum atomic E-state index is 12.1. The molecular formula is C21H26N4O4S. The first-order chi connectivity index (χ1) is 14.1. The molecule has 0 bridgehead atoms.